The van der Waals surface area contributed by atoms with Crippen molar-refractivity contribution in [3.05, 3.63) is 89.5 Å². The normalized spacial score (nSPS) is 18.8. The molecule has 3 aromatic carbocycles. The van der Waals surface area contributed by atoms with Gasteiger partial charge in [0.2, 0.25) is 15.9 Å². The highest BCUT2D eigenvalue weighted by Crippen LogP contribution is 2.34. The van der Waals surface area contributed by atoms with Crippen LogP contribution in [0.2, 0.25) is 0 Å². The third-order valence-corrected chi connectivity index (χ3v) is 9.62. The molecule has 1 amide bonds. The number of anilines is 2. The van der Waals surface area contributed by atoms with Crippen LogP contribution in [0.4, 0.5) is 11.4 Å². The minimum atomic E-state index is -3.92. The fourth-order valence-electron chi connectivity index (χ4n) is 5.48. The highest BCUT2D eigenvalue weighted by molar-refractivity contribution is 7.89. The van der Waals surface area contributed by atoms with Gasteiger partial charge in [-0.2, -0.15) is 0 Å². The van der Waals surface area contributed by atoms with Crippen LogP contribution in [0.5, 0.6) is 0 Å². The van der Waals surface area contributed by atoms with Gasteiger partial charge >= 0.3 is 0 Å². The van der Waals surface area contributed by atoms with Crippen molar-refractivity contribution in [1.29, 1.82) is 0 Å². The number of hydrogen-bond acceptors (Lipinski definition) is 5. The number of alkyl halides is 1. The lowest BCUT2D eigenvalue weighted by Gasteiger charge is -2.36. The molecule has 0 spiro atoms. The number of sulfonamides is 1. The van der Waals surface area contributed by atoms with Gasteiger partial charge < -0.3 is 15.1 Å². The van der Waals surface area contributed by atoms with E-state index in [2.05, 4.69) is 32.8 Å². The third kappa shape index (κ3) is 6.30. The fourth-order valence-corrected chi connectivity index (χ4v) is 7.18. The number of aryl methyl sites for hydroxylation is 1. The molecule has 2 atom stereocenters. The Morgan fingerprint density at radius 2 is 1.72 bits per heavy atom. The van der Waals surface area contributed by atoms with Crippen LogP contribution in [-0.2, 0) is 21.2 Å². The Morgan fingerprint density at radius 1 is 1.00 bits per heavy atom. The van der Waals surface area contributed by atoms with E-state index in [1.54, 1.807) is 30.3 Å². The van der Waals surface area contributed by atoms with E-state index in [-0.39, 0.29) is 10.9 Å². The molecule has 206 valence electrons. The van der Waals surface area contributed by atoms with E-state index < -0.39 is 21.3 Å². The molecule has 3 aromatic rings. The molecule has 1 fully saturated rings. The highest BCUT2D eigenvalue weighted by Gasteiger charge is 2.30. The number of carbonyl (C=O) groups is 1. The van der Waals surface area contributed by atoms with Crippen LogP contribution in [0.1, 0.15) is 47.9 Å². The SMILES string of the molecule is CCN1CCN(c2ccc(NC(=O)[C@H](Cl)c3ccccc3)cc2S(=O)(=O)N[C@@H]2CCCc3ccccc32)CC1. The van der Waals surface area contributed by atoms with Crippen molar-refractivity contribution in [1.82, 2.24) is 9.62 Å². The Bertz CT molecular complexity index is 1410. The van der Waals surface area contributed by atoms with Gasteiger partial charge in [-0.15, -0.1) is 11.6 Å². The average Bonchev–Trinajstić information content (AvgIpc) is 2.97. The summed E-state index contributed by atoms with van der Waals surface area (Å²) in [5.74, 6) is -0.412. The summed E-state index contributed by atoms with van der Waals surface area (Å²) < 4.78 is 31.0. The first-order chi connectivity index (χ1) is 18.9. The summed E-state index contributed by atoms with van der Waals surface area (Å²) >= 11 is 6.44. The smallest absolute Gasteiger partial charge is 0.246 e. The topological polar surface area (TPSA) is 81.8 Å². The predicted molar refractivity (Wildman–Crippen MR) is 157 cm³/mol. The molecule has 0 aromatic heterocycles. The Kier molecular flexibility index (Phi) is 8.57. The number of amides is 1. The van der Waals surface area contributed by atoms with Crippen LogP contribution in [0.25, 0.3) is 0 Å². The van der Waals surface area contributed by atoms with Gasteiger partial charge in [-0.3, -0.25) is 4.79 Å². The lowest BCUT2D eigenvalue weighted by Crippen LogP contribution is -2.46. The fraction of sp³-hybridized carbons (Fsp3) is 0.367. The molecule has 0 saturated carbocycles. The lowest BCUT2D eigenvalue weighted by molar-refractivity contribution is -0.116. The van der Waals surface area contributed by atoms with Crippen LogP contribution < -0.4 is 14.9 Å². The Hall–Kier alpha value is -2.91. The van der Waals surface area contributed by atoms with Gasteiger partial charge in [-0.1, -0.05) is 61.5 Å². The number of hydrogen-bond donors (Lipinski definition) is 2. The van der Waals surface area contributed by atoms with Crippen LogP contribution in [-0.4, -0.2) is 51.9 Å². The van der Waals surface area contributed by atoms with Gasteiger partial charge in [0, 0.05) is 37.9 Å². The number of halogens is 1. The summed E-state index contributed by atoms with van der Waals surface area (Å²) in [7, 11) is -3.92. The number of rotatable bonds is 8. The van der Waals surface area contributed by atoms with Crippen molar-refractivity contribution < 1.29 is 13.2 Å². The van der Waals surface area contributed by atoms with Crippen molar-refractivity contribution in [2.45, 2.75) is 42.5 Å². The van der Waals surface area contributed by atoms with E-state index in [0.29, 0.717) is 16.9 Å². The van der Waals surface area contributed by atoms with Crippen molar-refractivity contribution in [2.24, 2.45) is 0 Å². The zero-order chi connectivity index (χ0) is 27.4. The summed E-state index contributed by atoms with van der Waals surface area (Å²) in [4.78, 5) is 17.6. The molecular weight excluding hydrogens is 532 g/mol. The molecule has 5 rings (SSSR count). The first kappa shape index (κ1) is 27.6. The van der Waals surface area contributed by atoms with Crippen LogP contribution in [0.15, 0.2) is 77.7 Å². The third-order valence-electron chi connectivity index (χ3n) is 7.67. The second-order valence-corrected chi connectivity index (χ2v) is 12.3. The molecule has 9 heteroatoms. The number of piperazine rings is 1. The Labute approximate surface area is 236 Å². The lowest BCUT2D eigenvalue weighted by atomic mass is 9.88. The van der Waals surface area contributed by atoms with E-state index in [1.807, 2.05) is 36.4 Å². The predicted octanol–water partition coefficient (Wildman–Crippen LogP) is 5.10. The first-order valence-corrected chi connectivity index (χ1v) is 15.5. The van der Waals surface area contributed by atoms with Crippen molar-refractivity contribution >= 4 is 38.9 Å². The number of benzene rings is 3. The molecule has 1 aliphatic heterocycles. The Morgan fingerprint density at radius 3 is 2.46 bits per heavy atom. The number of likely N-dealkylation sites (N-methyl/N-ethyl adjacent to an activating group) is 1. The molecule has 39 heavy (non-hydrogen) atoms. The summed E-state index contributed by atoms with van der Waals surface area (Å²) in [6.45, 7) is 6.28. The molecule has 7 nitrogen and oxygen atoms in total. The molecule has 2 aliphatic rings. The molecule has 1 saturated heterocycles. The van der Waals surface area contributed by atoms with Gasteiger partial charge in [0.25, 0.3) is 0 Å². The summed E-state index contributed by atoms with van der Waals surface area (Å²) in [6.07, 6.45) is 2.61. The van der Waals surface area contributed by atoms with Crippen LogP contribution in [0, 0.1) is 0 Å². The summed E-state index contributed by atoms with van der Waals surface area (Å²) in [5, 5.41) is 1.93. The van der Waals surface area contributed by atoms with Crippen molar-refractivity contribution in [3.63, 3.8) is 0 Å². The van der Waals surface area contributed by atoms with Crippen LogP contribution >= 0.6 is 11.6 Å². The monoisotopic (exact) mass is 566 g/mol. The zero-order valence-corrected chi connectivity index (χ0v) is 23.7. The maximum atomic E-state index is 14.0. The van der Waals surface area contributed by atoms with E-state index in [1.165, 1.54) is 5.56 Å². The molecule has 0 unspecified atom stereocenters. The molecule has 1 heterocycles. The summed E-state index contributed by atoms with van der Waals surface area (Å²) in [5.41, 5.74) is 3.92. The van der Waals surface area contributed by atoms with Gasteiger partial charge in [-0.05, 0) is 60.7 Å². The summed E-state index contributed by atoms with van der Waals surface area (Å²) in [6, 6.07) is 21.9. The van der Waals surface area contributed by atoms with E-state index >= 15 is 0 Å². The van der Waals surface area contributed by atoms with Gasteiger partial charge in [-0.25, -0.2) is 13.1 Å². The quantitative estimate of drug-likeness (QED) is 0.371. The molecular formula is C30H35ClN4O3S. The number of nitrogens with zero attached hydrogens (tertiary/aromatic N) is 2. The maximum Gasteiger partial charge on any atom is 0.246 e. The van der Waals surface area contributed by atoms with E-state index in [0.717, 1.165) is 57.5 Å². The van der Waals surface area contributed by atoms with Crippen LogP contribution in [0.3, 0.4) is 0 Å². The van der Waals surface area contributed by atoms with Gasteiger partial charge in [0.05, 0.1) is 5.69 Å². The maximum absolute atomic E-state index is 14.0. The number of carbonyl (C=O) groups excluding carboxylic acids is 1. The molecule has 1 aliphatic carbocycles. The second kappa shape index (κ2) is 12.1. The minimum absolute atomic E-state index is 0.166. The van der Waals surface area contributed by atoms with E-state index in [4.69, 9.17) is 11.6 Å². The number of nitrogens with one attached hydrogen (secondary N) is 2. The highest BCUT2D eigenvalue weighted by atomic mass is 35.5. The number of fused-ring (bicyclic) bond motifs is 1. The van der Waals surface area contributed by atoms with Gasteiger partial charge in [0.15, 0.2) is 0 Å². The molecule has 0 bridgehead atoms. The molecule has 0 radical (unpaired) electrons. The first-order valence-electron chi connectivity index (χ1n) is 13.6. The van der Waals surface area contributed by atoms with Gasteiger partial charge in [0.1, 0.15) is 10.3 Å². The standard InChI is InChI=1S/C30H35ClN4O3S/c1-2-34-17-19-35(20-18-34)27-16-15-24(32-30(36)29(31)23-10-4-3-5-11-23)21-28(27)39(37,38)33-26-14-8-12-22-9-6-7-13-25(22)26/h3-7,9-11,13,15-16,21,26,29,33H,2,8,12,14,17-20H2,1H3,(H,32,36)/t26-,29-/m1/s1. The Balaban J connectivity index is 1.45. The van der Waals surface area contributed by atoms with E-state index in [9.17, 15) is 13.2 Å². The van der Waals surface area contributed by atoms with Crippen molar-refractivity contribution in [2.75, 3.05) is 42.9 Å². The zero-order valence-electron chi connectivity index (χ0n) is 22.1. The average molecular weight is 567 g/mol. The molecule has 2 N–H and O–H groups in total. The van der Waals surface area contributed by atoms with Crippen molar-refractivity contribution in [3.8, 4) is 0 Å². The largest absolute Gasteiger partial charge is 0.368 e. The second-order valence-electron chi connectivity index (χ2n) is 10.1. The minimum Gasteiger partial charge on any atom is -0.368 e.